The molecule has 0 aliphatic carbocycles. The summed E-state index contributed by atoms with van der Waals surface area (Å²) in [6.07, 6.45) is -0.0748. The predicted molar refractivity (Wildman–Crippen MR) is 105 cm³/mol. The lowest BCUT2D eigenvalue weighted by Gasteiger charge is -2.16. The number of esters is 1. The number of benzene rings is 2. The minimum absolute atomic E-state index is 0.182. The summed E-state index contributed by atoms with van der Waals surface area (Å²) in [6.45, 7) is 3.56. The molecule has 0 saturated carbocycles. The summed E-state index contributed by atoms with van der Waals surface area (Å²) in [6, 6.07) is 10.4. The topological polar surface area (TPSA) is 83.1 Å². The molecule has 28 heavy (non-hydrogen) atoms. The Bertz CT molecular complexity index is 806. The summed E-state index contributed by atoms with van der Waals surface area (Å²) >= 11 is 0. The Morgan fingerprint density at radius 2 is 1.54 bits per heavy atom. The largest absolute Gasteiger partial charge is 0.493 e. The van der Waals surface area contributed by atoms with E-state index < -0.39 is 18.0 Å². The summed E-state index contributed by atoms with van der Waals surface area (Å²) in [5, 5.41) is 2.73. The first-order valence-electron chi connectivity index (χ1n) is 8.84. The molecule has 0 spiro atoms. The zero-order valence-electron chi connectivity index (χ0n) is 16.7. The van der Waals surface area contributed by atoms with Crippen molar-refractivity contribution in [3.8, 4) is 17.2 Å². The molecule has 2 aromatic rings. The molecule has 150 valence electrons. The van der Waals surface area contributed by atoms with Gasteiger partial charge in [0.25, 0.3) is 5.91 Å². The van der Waals surface area contributed by atoms with Gasteiger partial charge in [0, 0.05) is 5.69 Å². The van der Waals surface area contributed by atoms with E-state index >= 15 is 0 Å². The molecule has 1 atom stereocenters. The van der Waals surface area contributed by atoms with Crippen molar-refractivity contribution in [2.24, 2.45) is 0 Å². The Morgan fingerprint density at radius 3 is 2.00 bits per heavy atom. The van der Waals surface area contributed by atoms with Gasteiger partial charge in [0.1, 0.15) is 0 Å². The molecule has 1 amide bonds. The van der Waals surface area contributed by atoms with Crippen LogP contribution in [0.15, 0.2) is 36.4 Å². The zero-order valence-corrected chi connectivity index (χ0v) is 16.7. The molecule has 7 heteroatoms. The summed E-state index contributed by atoms with van der Waals surface area (Å²) in [5.74, 6) is -0.0972. The van der Waals surface area contributed by atoms with E-state index in [0.717, 1.165) is 6.42 Å². The number of hydrogen-bond acceptors (Lipinski definition) is 6. The first-order valence-corrected chi connectivity index (χ1v) is 8.84. The summed E-state index contributed by atoms with van der Waals surface area (Å²) in [5.41, 5.74) is 1.99. The van der Waals surface area contributed by atoms with Crippen LogP contribution in [0.3, 0.4) is 0 Å². The lowest BCUT2D eigenvalue weighted by molar-refractivity contribution is -0.123. The smallest absolute Gasteiger partial charge is 0.339 e. The fourth-order valence-electron chi connectivity index (χ4n) is 2.55. The van der Waals surface area contributed by atoms with Crippen LogP contribution in [-0.4, -0.2) is 39.3 Å². The van der Waals surface area contributed by atoms with Gasteiger partial charge in [-0.2, -0.15) is 0 Å². The van der Waals surface area contributed by atoms with Crippen LogP contribution in [-0.2, 0) is 16.0 Å². The third kappa shape index (κ3) is 4.94. The summed E-state index contributed by atoms with van der Waals surface area (Å²) in [7, 11) is 4.37. The first-order chi connectivity index (χ1) is 13.4. The quantitative estimate of drug-likeness (QED) is 0.699. The Kier molecular flexibility index (Phi) is 7.26. The van der Waals surface area contributed by atoms with Crippen LogP contribution in [0.4, 0.5) is 5.69 Å². The second-order valence-electron chi connectivity index (χ2n) is 6.00. The van der Waals surface area contributed by atoms with Gasteiger partial charge in [0.15, 0.2) is 17.6 Å². The molecule has 0 bridgehead atoms. The molecule has 0 fully saturated rings. The van der Waals surface area contributed by atoms with E-state index in [9.17, 15) is 9.59 Å². The molecule has 0 aliphatic rings. The van der Waals surface area contributed by atoms with Crippen molar-refractivity contribution in [3.05, 3.63) is 47.5 Å². The number of nitrogens with one attached hydrogen (secondary N) is 1. The lowest BCUT2D eigenvalue weighted by atomic mass is 10.1. The minimum atomic E-state index is -0.988. The molecule has 0 heterocycles. The normalized spacial score (nSPS) is 11.3. The number of carbonyl (C=O) groups excluding carboxylic acids is 2. The zero-order chi connectivity index (χ0) is 20.7. The number of carbonyl (C=O) groups is 2. The van der Waals surface area contributed by atoms with Crippen molar-refractivity contribution in [2.75, 3.05) is 26.6 Å². The highest BCUT2D eigenvalue weighted by molar-refractivity contribution is 5.97. The second kappa shape index (κ2) is 9.64. The van der Waals surface area contributed by atoms with Gasteiger partial charge < -0.3 is 24.3 Å². The maximum absolute atomic E-state index is 12.5. The van der Waals surface area contributed by atoms with Crippen molar-refractivity contribution in [3.63, 3.8) is 0 Å². The average molecular weight is 387 g/mol. The number of anilines is 1. The minimum Gasteiger partial charge on any atom is -0.493 e. The van der Waals surface area contributed by atoms with E-state index in [-0.39, 0.29) is 5.56 Å². The highest BCUT2D eigenvalue weighted by Crippen LogP contribution is 2.38. The highest BCUT2D eigenvalue weighted by Gasteiger charge is 2.22. The fraction of sp³-hybridized carbons (Fsp3) is 0.333. The van der Waals surface area contributed by atoms with Crippen LogP contribution in [0.5, 0.6) is 17.2 Å². The van der Waals surface area contributed by atoms with Gasteiger partial charge in [0.2, 0.25) is 5.75 Å². The van der Waals surface area contributed by atoms with Crippen molar-refractivity contribution < 1.29 is 28.5 Å². The molecule has 7 nitrogen and oxygen atoms in total. The van der Waals surface area contributed by atoms with Gasteiger partial charge >= 0.3 is 5.97 Å². The van der Waals surface area contributed by atoms with Crippen molar-refractivity contribution in [2.45, 2.75) is 26.4 Å². The van der Waals surface area contributed by atoms with E-state index in [4.69, 9.17) is 18.9 Å². The molecular weight excluding hydrogens is 362 g/mol. The van der Waals surface area contributed by atoms with Crippen LogP contribution in [0.1, 0.15) is 29.8 Å². The molecular formula is C21H25NO6. The predicted octanol–water partition coefficient (Wildman–Crippen LogP) is 3.46. The lowest BCUT2D eigenvalue weighted by Crippen LogP contribution is -2.30. The Labute approximate surface area is 164 Å². The standard InChI is InChI=1S/C21H25NO6/c1-6-14-7-9-16(10-8-14)22-20(23)13(2)28-21(24)15-11-17(25-3)19(27-5)18(12-15)26-4/h7-13H,6H2,1-5H3,(H,22,23). The van der Waals surface area contributed by atoms with Crippen LogP contribution in [0, 0.1) is 0 Å². The van der Waals surface area contributed by atoms with Crippen LogP contribution >= 0.6 is 0 Å². The molecule has 0 aromatic heterocycles. The van der Waals surface area contributed by atoms with Gasteiger partial charge in [-0.25, -0.2) is 4.79 Å². The molecule has 0 radical (unpaired) electrons. The Morgan fingerprint density at radius 1 is 0.964 bits per heavy atom. The monoisotopic (exact) mass is 387 g/mol. The van der Waals surface area contributed by atoms with Crippen molar-refractivity contribution in [1.29, 1.82) is 0 Å². The van der Waals surface area contributed by atoms with E-state index in [1.165, 1.54) is 45.9 Å². The van der Waals surface area contributed by atoms with E-state index in [2.05, 4.69) is 12.2 Å². The van der Waals surface area contributed by atoms with Gasteiger partial charge in [0.05, 0.1) is 26.9 Å². The van der Waals surface area contributed by atoms with E-state index in [1.807, 2.05) is 24.3 Å². The first kappa shape index (κ1) is 21.1. The van der Waals surface area contributed by atoms with Crippen LogP contribution in [0.2, 0.25) is 0 Å². The molecule has 2 aromatic carbocycles. The summed E-state index contributed by atoms with van der Waals surface area (Å²) < 4.78 is 21.0. The van der Waals surface area contributed by atoms with E-state index in [0.29, 0.717) is 22.9 Å². The van der Waals surface area contributed by atoms with Crippen molar-refractivity contribution in [1.82, 2.24) is 0 Å². The van der Waals surface area contributed by atoms with E-state index in [1.54, 1.807) is 0 Å². The maximum atomic E-state index is 12.5. The Balaban J connectivity index is 2.09. The van der Waals surface area contributed by atoms with Crippen LogP contribution in [0.25, 0.3) is 0 Å². The molecule has 2 rings (SSSR count). The third-order valence-corrected chi connectivity index (χ3v) is 4.18. The molecule has 1 N–H and O–H groups in total. The SMILES string of the molecule is CCc1ccc(NC(=O)C(C)OC(=O)c2cc(OC)c(OC)c(OC)c2)cc1. The average Bonchev–Trinajstić information content (AvgIpc) is 2.72. The molecule has 1 unspecified atom stereocenters. The maximum Gasteiger partial charge on any atom is 0.339 e. The number of rotatable bonds is 8. The third-order valence-electron chi connectivity index (χ3n) is 4.18. The van der Waals surface area contributed by atoms with Crippen LogP contribution < -0.4 is 19.5 Å². The second-order valence-corrected chi connectivity index (χ2v) is 6.00. The molecule has 0 saturated heterocycles. The fourth-order valence-corrected chi connectivity index (χ4v) is 2.55. The number of ether oxygens (including phenoxy) is 4. The number of amides is 1. The Hall–Kier alpha value is -3.22. The van der Waals surface area contributed by atoms with Crippen molar-refractivity contribution >= 4 is 17.6 Å². The highest BCUT2D eigenvalue weighted by atomic mass is 16.5. The number of aryl methyl sites for hydroxylation is 1. The van der Waals surface area contributed by atoms with Gasteiger partial charge in [-0.15, -0.1) is 0 Å². The number of hydrogen-bond donors (Lipinski definition) is 1. The number of methoxy groups -OCH3 is 3. The van der Waals surface area contributed by atoms with Gasteiger partial charge in [-0.3, -0.25) is 4.79 Å². The molecule has 0 aliphatic heterocycles. The van der Waals surface area contributed by atoms with Gasteiger partial charge in [-0.05, 0) is 43.2 Å². The van der Waals surface area contributed by atoms with Gasteiger partial charge in [-0.1, -0.05) is 19.1 Å². The summed E-state index contributed by atoms with van der Waals surface area (Å²) in [4.78, 5) is 24.8.